The van der Waals surface area contributed by atoms with Gasteiger partial charge in [-0.15, -0.1) is 0 Å². The van der Waals surface area contributed by atoms with E-state index < -0.39 is 22.8 Å². The van der Waals surface area contributed by atoms with E-state index in [9.17, 15) is 25.5 Å². The third-order valence-electron chi connectivity index (χ3n) is 2.25. The highest BCUT2D eigenvalue weighted by Gasteiger charge is 2.28. The van der Waals surface area contributed by atoms with Gasteiger partial charge >= 0.3 is 0 Å². The Morgan fingerprint density at radius 1 is 1.53 bits per heavy atom. The van der Waals surface area contributed by atoms with Gasteiger partial charge in [0.25, 0.3) is 5.69 Å². The molecule has 0 aliphatic rings. The minimum Gasteiger partial charge on any atom is -0.619 e. The maximum absolute atomic E-state index is 11.0. The zero-order chi connectivity index (χ0) is 13.0. The van der Waals surface area contributed by atoms with Crippen molar-refractivity contribution >= 4 is 18.3 Å². The van der Waals surface area contributed by atoms with Gasteiger partial charge in [0, 0.05) is 0 Å². The predicted molar refractivity (Wildman–Crippen MR) is 61.5 cm³/mol. The molecule has 0 aromatic carbocycles. The molecule has 1 aromatic heterocycles. The molecule has 0 amide bonds. The Labute approximate surface area is 102 Å². The molecule has 2 N–H and O–H groups in total. The second-order valence-electron chi connectivity index (χ2n) is 3.43. The summed E-state index contributed by atoms with van der Waals surface area (Å²) in [4.78, 5) is 9.99. The highest BCUT2D eigenvalue weighted by molar-refractivity contribution is 7.80. The Balaban J connectivity index is 3.10. The smallest absolute Gasteiger partial charge is 0.287 e. The maximum atomic E-state index is 11.0. The van der Waals surface area contributed by atoms with E-state index in [0.29, 0.717) is 10.5 Å². The van der Waals surface area contributed by atoms with Crippen LogP contribution in [-0.4, -0.2) is 27.0 Å². The molecular formula is C9H12N2O5S. The van der Waals surface area contributed by atoms with Crippen LogP contribution in [-0.2, 0) is 0 Å². The molecule has 0 saturated carbocycles. The first-order valence-corrected chi connectivity index (χ1v) is 5.44. The topological polar surface area (TPSA) is 111 Å². The minimum atomic E-state index is -1.48. The fraction of sp³-hybridized carbons (Fsp3) is 0.444. The lowest BCUT2D eigenvalue weighted by Gasteiger charge is -2.16. The van der Waals surface area contributed by atoms with Gasteiger partial charge in [-0.2, -0.15) is 17.4 Å². The molecule has 0 aliphatic carbocycles. The number of nitro groups is 1. The van der Waals surface area contributed by atoms with Gasteiger partial charge in [0.1, 0.15) is 11.7 Å². The molecule has 0 aliphatic heterocycles. The number of aliphatic hydroxyl groups excluding tert-OH is 2. The summed E-state index contributed by atoms with van der Waals surface area (Å²) in [5.74, 6) is 0.316. The fourth-order valence-corrected chi connectivity index (χ4v) is 1.64. The Morgan fingerprint density at radius 3 is 2.71 bits per heavy atom. The quantitative estimate of drug-likeness (QED) is 0.226. The Bertz CT molecular complexity index is 414. The van der Waals surface area contributed by atoms with Gasteiger partial charge in [-0.3, -0.25) is 10.1 Å². The van der Waals surface area contributed by atoms with E-state index in [1.165, 1.54) is 0 Å². The third-order valence-corrected chi connectivity index (χ3v) is 2.50. The molecule has 2 atom stereocenters. The summed E-state index contributed by atoms with van der Waals surface area (Å²) in [7, 11) is 0. The lowest BCUT2D eigenvalue weighted by atomic mass is 10.0. The molecular weight excluding hydrogens is 248 g/mol. The number of thiol groups is 1. The summed E-state index contributed by atoms with van der Waals surface area (Å²) in [5.41, 5.74) is -0.607. The average Bonchev–Trinajstić information content (AvgIpc) is 2.27. The van der Waals surface area contributed by atoms with Crippen LogP contribution < -0.4 is 4.73 Å². The zero-order valence-corrected chi connectivity index (χ0v) is 9.66. The number of rotatable bonds is 5. The molecule has 2 unspecified atom stereocenters. The zero-order valence-electron chi connectivity index (χ0n) is 8.76. The normalized spacial score (nSPS) is 14.3. The van der Waals surface area contributed by atoms with Gasteiger partial charge in [0.05, 0.1) is 17.1 Å². The first kappa shape index (κ1) is 13.7. The van der Waals surface area contributed by atoms with Gasteiger partial charge in [0.15, 0.2) is 12.4 Å². The van der Waals surface area contributed by atoms with Crippen molar-refractivity contribution in [1.29, 1.82) is 0 Å². The SMILES string of the molecule is O=[N+]([O-])c1cc[n+]([O-])cc1C(O)C(O)CCS. The molecule has 0 fully saturated rings. The standard InChI is InChI=1S/C9H12N2O5S/c12-8(2-4-17)9(13)6-5-10(14)3-1-7(6)11(15)16/h1,3,5,8-9,12-13,17H,2,4H2. The van der Waals surface area contributed by atoms with E-state index >= 15 is 0 Å². The van der Waals surface area contributed by atoms with Crippen molar-refractivity contribution < 1.29 is 19.9 Å². The molecule has 8 heteroatoms. The monoisotopic (exact) mass is 260 g/mol. The summed E-state index contributed by atoms with van der Waals surface area (Å²) < 4.78 is 0.332. The molecule has 0 spiro atoms. The fourth-order valence-electron chi connectivity index (χ4n) is 1.38. The first-order chi connectivity index (χ1) is 7.97. The van der Waals surface area contributed by atoms with Gasteiger partial charge in [0.2, 0.25) is 0 Å². The molecule has 1 rings (SSSR count). The van der Waals surface area contributed by atoms with Crippen LogP contribution in [0.5, 0.6) is 0 Å². The van der Waals surface area contributed by atoms with Gasteiger partial charge in [-0.25, -0.2) is 0 Å². The molecule has 17 heavy (non-hydrogen) atoms. The second kappa shape index (κ2) is 5.80. The van der Waals surface area contributed by atoms with Gasteiger partial charge < -0.3 is 15.4 Å². The number of pyridine rings is 1. The van der Waals surface area contributed by atoms with E-state index in [-0.39, 0.29) is 12.0 Å². The van der Waals surface area contributed by atoms with Crippen molar-refractivity contribution in [3.8, 4) is 0 Å². The van der Waals surface area contributed by atoms with E-state index in [1.54, 1.807) is 0 Å². The second-order valence-corrected chi connectivity index (χ2v) is 3.87. The van der Waals surface area contributed by atoms with Gasteiger partial charge in [-0.1, -0.05) is 0 Å². The summed E-state index contributed by atoms with van der Waals surface area (Å²) in [6, 6.07) is 0.985. The van der Waals surface area contributed by atoms with E-state index in [0.717, 1.165) is 18.5 Å². The van der Waals surface area contributed by atoms with Crippen LogP contribution in [0.1, 0.15) is 18.1 Å². The van der Waals surface area contributed by atoms with E-state index in [2.05, 4.69) is 12.6 Å². The van der Waals surface area contributed by atoms with Crippen LogP contribution in [0.3, 0.4) is 0 Å². The molecule has 1 aromatic rings. The Morgan fingerprint density at radius 2 is 2.18 bits per heavy atom. The summed E-state index contributed by atoms with van der Waals surface area (Å²) in [6.07, 6.45) is -0.684. The van der Waals surface area contributed by atoms with Crippen LogP contribution in [0.25, 0.3) is 0 Å². The number of aliphatic hydroxyl groups is 2. The minimum absolute atomic E-state index is 0.162. The van der Waals surface area contributed by atoms with Crippen molar-refractivity contribution in [3.63, 3.8) is 0 Å². The average molecular weight is 260 g/mol. The lowest BCUT2D eigenvalue weighted by Crippen LogP contribution is -2.29. The van der Waals surface area contributed by atoms with Crippen molar-refractivity contribution in [2.45, 2.75) is 18.6 Å². The van der Waals surface area contributed by atoms with Crippen LogP contribution in [0.2, 0.25) is 0 Å². The summed E-state index contributed by atoms with van der Waals surface area (Å²) in [6.45, 7) is 0. The molecule has 0 radical (unpaired) electrons. The largest absolute Gasteiger partial charge is 0.619 e. The Kier molecular flexibility index (Phi) is 4.67. The number of hydrogen-bond donors (Lipinski definition) is 3. The molecule has 0 bridgehead atoms. The Hall–Kier alpha value is -1.38. The first-order valence-electron chi connectivity index (χ1n) is 4.81. The van der Waals surface area contributed by atoms with E-state index in [4.69, 9.17) is 0 Å². The van der Waals surface area contributed by atoms with Crippen LogP contribution in [0.15, 0.2) is 18.5 Å². The molecule has 0 saturated heterocycles. The molecule has 1 heterocycles. The van der Waals surface area contributed by atoms with Crippen molar-refractivity contribution in [2.75, 3.05) is 5.75 Å². The van der Waals surface area contributed by atoms with Crippen molar-refractivity contribution in [3.05, 3.63) is 39.3 Å². The molecule has 7 nitrogen and oxygen atoms in total. The van der Waals surface area contributed by atoms with Crippen molar-refractivity contribution in [2.24, 2.45) is 0 Å². The highest BCUT2D eigenvalue weighted by atomic mass is 32.1. The highest BCUT2D eigenvalue weighted by Crippen LogP contribution is 2.26. The lowest BCUT2D eigenvalue weighted by molar-refractivity contribution is -0.606. The maximum Gasteiger partial charge on any atom is 0.287 e. The van der Waals surface area contributed by atoms with Crippen LogP contribution in [0, 0.1) is 15.3 Å². The number of nitrogens with zero attached hydrogens (tertiary/aromatic N) is 2. The van der Waals surface area contributed by atoms with Crippen LogP contribution in [0.4, 0.5) is 5.69 Å². The van der Waals surface area contributed by atoms with Gasteiger partial charge in [-0.05, 0) is 12.2 Å². The summed E-state index contributed by atoms with van der Waals surface area (Å²) >= 11 is 3.88. The van der Waals surface area contributed by atoms with E-state index in [1.807, 2.05) is 0 Å². The number of hydrogen-bond acceptors (Lipinski definition) is 6. The van der Waals surface area contributed by atoms with Crippen molar-refractivity contribution in [1.82, 2.24) is 0 Å². The summed E-state index contributed by atoms with van der Waals surface area (Å²) in [5, 5.41) is 41.0. The van der Waals surface area contributed by atoms with Crippen LogP contribution >= 0.6 is 12.6 Å². The number of aromatic nitrogens is 1. The third kappa shape index (κ3) is 3.29. The molecule has 94 valence electrons. The predicted octanol–water partition coefficient (Wildman–Crippen LogP) is -0.0576.